The minimum atomic E-state index is 0.183. The molecule has 0 aliphatic carbocycles. The maximum Gasteiger partial charge on any atom is 0.323 e. The second-order valence-electron chi connectivity index (χ2n) is 4.21. The Morgan fingerprint density at radius 1 is 1.17 bits per heavy atom. The maximum absolute atomic E-state index is 5.62. The molecule has 0 bridgehead atoms. The third-order valence-electron chi connectivity index (χ3n) is 2.77. The van der Waals surface area contributed by atoms with Crippen molar-refractivity contribution in [2.24, 2.45) is 5.92 Å². The molecule has 102 valence electrons. The molecule has 0 spiro atoms. The second-order valence-corrected chi connectivity index (χ2v) is 4.21. The number of nitrogens with zero attached hydrogens (tertiary/aromatic N) is 3. The van der Waals surface area contributed by atoms with Crippen molar-refractivity contribution in [2.75, 3.05) is 24.2 Å². The fourth-order valence-electron chi connectivity index (χ4n) is 1.52. The van der Waals surface area contributed by atoms with Gasteiger partial charge in [0.1, 0.15) is 0 Å². The Balaban J connectivity index is 2.61. The van der Waals surface area contributed by atoms with Crippen LogP contribution in [0, 0.1) is 5.92 Å². The van der Waals surface area contributed by atoms with Gasteiger partial charge in [0.2, 0.25) is 11.9 Å². The predicted molar refractivity (Wildman–Crippen MR) is 72.6 cm³/mol. The highest BCUT2D eigenvalue weighted by Gasteiger charge is 2.07. The summed E-state index contributed by atoms with van der Waals surface area (Å²) in [5.41, 5.74) is 5.62. The molecule has 1 rings (SSSR count). The fraction of sp³-hybridized carbons (Fsp3) is 0.750. The van der Waals surface area contributed by atoms with Crippen LogP contribution in [0.3, 0.4) is 0 Å². The van der Waals surface area contributed by atoms with Crippen LogP contribution in [-0.4, -0.2) is 28.1 Å². The Morgan fingerprint density at radius 3 is 2.50 bits per heavy atom. The molecule has 0 saturated heterocycles. The summed E-state index contributed by atoms with van der Waals surface area (Å²) in [4.78, 5) is 12.2. The van der Waals surface area contributed by atoms with Crippen molar-refractivity contribution in [3.63, 3.8) is 0 Å². The number of nitrogens with one attached hydrogen (secondary N) is 1. The standard InChI is InChI=1S/C12H23N5O/c1-4-7-18-12-16-10(13)15-11(17-12)14-8-9(5-2)6-3/h9H,4-8H2,1-3H3,(H3,13,14,15,16,17). The Hall–Kier alpha value is -1.59. The van der Waals surface area contributed by atoms with Crippen LogP contribution in [0.4, 0.5) is 11.9 Å². The lowest BCUT2D eigenvalue weighted by Gasteiger charge is -2.13. The Bertz CT molecular complexity index is 354. The van der Waals surface area contributed by atoms with Gasteiger partial charge in [0.05, 0.1) is 6.61 Å². The lowest BCUT2D eigenvalue weighted by atomic mass is 10.0. The van der Waals surface area contributed by atoms with Gasteiger partial charge in [0, 0.05) is 6.54 Å². The number of aromatic nitrogens is 3. The molecule has 1 heterocycles. The van der Waals surface area contributed by atoms with Crippen LogP contribution in [-0.2, 0) is 0 Å². The Morgan fingerprint density at radius 2 is 1.89 bits per heavy atom. The molecule has 0 radical (unpaired) electrons. The summed E-state index contributed by atoms with van der Waals surface area (Å²) >= 11 is 0. The molecule has 0 aliphatic rings. The third kappa shape index (κ3) is 4.73. The Labute approximate surface area is 108 Å². The average molecular weight is 253 g/mol. The molecule has 6 nitrogen and oxygen atoms in total. The Kier molecular flexibility index (Phi) is 6.18. The van der Waals surface area contributed by atoms with E-state index in [1.165, 1.54) is 0 Å². The van der Waals surface area contributed by atoms with E-state index in [0.717, 1.165) is 25.8 Å². The van der Waals surface area contributed by atoms with Gasteiger partial charge in [-0.3, -0.25) is 0 Å². The molecule has 0 unspecified atom stereocenters. The number of ether oxygens (including phenoxy) is 1. The summed E-state index contributed by atoms with van der Waals surface area (Å²) in [7, 11) is 0. The monoisotopic (exact) mass is 253 g/mol. The van der Waals surface area contributed by atoms with E-state index in [2.05, 4.69) is 34.1 Å². The molecular weight excluding hydrogens is 230 g/mol. The number of nitrogens with two attached hydrogens (primary N) is 1. The fourth-order valence-corrected chi connectivity index (χ4v) is 1.52. The summed E-state index contributed by atoms with van der Waals surface area (Å²) in [6.07, 6.45) is 3.16. The molecule has 0 aliphatic heterocycles. The smallest absolute Gasteiger partial charge is 0.323 e. The van der Waals surface area contributed by atoms with Crippen LogP contribution < -0.4 is 15.8 Å². The first-order chi connectivity index (χ1) is 8.69. The van der Waals surface area contributed by atoms with Gasteiger partial charge in [-0.05, 0) is 12.3 Å². The highest BCUT2D eigenvalue weighted by Crippen LogP contribution is 2.12. The molecular formula is C12H23N5O. The largest absolute Gasteiger partial charge is 0.463 e. The summed E-state index contributed by atoms with van der Waals surface area (Å²) in [5.74, 6) is 1.28. The van der Waals surface area contributed by atoms with Gasteiger partial charge in [-0.1, -0.05) is 33.6 Å². The lowest BCUT2D eigenvalue weighted by Crippen LogP contribution is -2.16. The van der Waals surface area contributed by atoms with E-state index in [4.69, 9.17) is 10.5 Å². The molecule has 1 aromatic heterocycles. The van der Waals surface area contributed by atoms with Gasteiger partial charge in [-0.25, -0.2) is 0 Å². The quantitative estimate of drug-likeness (QED) is 0.737. The van der Waals surface area contributed by atoms with Crippen LogP contribution in [0.15, 0.2) is 0 Å². The molecule has 0 fully saturated rings. The molecule has 0 saturated carbocycles. The molecule has 6 heteroatoms. The van der Waals surface area contributed by atoms with E-state index in [1.54, 1.807) is 0 Å². The van der Waals surface area contributed by atoms with Crippen LogP contribution in [0.1, 0.15) is 40.0 Å². The number of nitrogen functional groups attached to an aromatic ring is 1. The van der Waals surface area contributed by atoms with Crippen molar-refractivity contribution in [1.29, 1.82) is 0 Å². The van der Waals surface area contributed by atoms with Gasteiger partial charge >= 0.3 is 6.01 Å². The molecule has 18 heavy (non-hydrogen) atoms. The number of rotatable bonds is 8. The maximum atomic E-state index is 5.62. The van der Waals surface area contributed by atoms with Crippen molar-refractivity contribution in [2.45, 2.75) is 40.0 Å². The second kappa shape index (κ2) is 7.68. The summed E-state index contributed by atoms with van der Waals surface area (Å²) in [6, 6.07) is 0.288. The van der Waals surface area contributed by atoms with E-state index >= 15 is 0 Å². The zero-order chi connectivity index (χ0) is 13.4. The summed E-state index contributed by atoms with van der Waals surface area (Å²) in [6.45, 7) is 7.79. The number of anilines is 2. The lowest BCUT2D eigenvalue weighted by molar-refractivity contribution is 0.292. The highest BCUT2D eigenvalue weighted by molar-refractivity contribution is 5.32. The van der Waals surface area contributed by atoms with Crippen LogP contribution >= 0.6 is 0 Å². The molecule has 3 N–H and O–H groups in total. The SMILES string of the molecule is CCCOc1nc(N)nc(NCC(CC)CC)n1. The van der Waals surface area contributed by atoms with E-state index in [9.17, 15) is 0 Å². The zero-order valence-corrected chi connectivity index (χ0v) is 11.4. The van der Waals surface area contributed by atoms with Crippen molar-refractivity contribution in [3.05, 3.63) is 0 Å². The van der Waals surface area contributed by atoms with E-state index in [-0.39, 0.29) is 12.0 Å². The minimum absolute atomic E-state index is 0.183. The molecule has 0 aromatic carbocycles. The molecule has 0 atom stereocenters. The van der Waals surface area contributed by atoms with Crippen molar-refractivity contribution < 1.29 is 4.74 Å². The predicted octanol–water partition coefficient (Wildman–Crippen LogP) is 2.09. The summed E-state index contributed by atoms with van der Waals surface area (Å²) < 4.78 is 5.35. The van der Waals surface area contributed by atoms with E-state index < -0.39 is 0 Å². The first kappa shape index (κ1) is 14.5. The third-order valence-corrected chi connectivity index (χ3v) is 2.77. The van der Waals surface area contributed by atoms with Gasteiger partial charge in [-0.15, -0.1) is 0 Å². The van der Waals surface area contributed by atoms with Crippen molar-refractivity contribution >= 4 is 11.9 Å². The normalized spacial score (nSPS) is 10.7. The summed E-state index contributed by atoms with van der Waals surface area (Å²) in [5, 5.41) is 3.18. The minimum Gasteiger partial charge on any atom is -0.463 e. The van der Waals surface area contributed by atoms with E-state index in [1.807, 2.05) is 6.92 Å². The van der Waals surface area contributed by atoms with Crippen molar-refractivity contribution in [1.82, 2.24) is 15.0 Å². The first-order valence-corrected chi connectivity index (χ1v) is 6.57. The van der Waals surface area contributed by atoms with Crippen molar-refractivity contribution in [3.8, 4) is 6.01 Å². The van der Waals surface area contributed by atoms with Gasteiger partial charge < -0.3 is 15.8 Å². The van der Waals surface area contributed by atoms with Gasteiger partial charge in [0.25, 0.3) is 0 Å². The van der Waals surface area contributed by atoms with Crippen LogP contribution in [0.5, 0.6) is 6.01 Å². The van der Waals surface area contributed by atoms with Crippen LogP contribution in [0.25, 0.3) is 0 Å². The van der Waals surface area contributed by atoms with Crippen LogP contribution in [0.2, 0.25) is 0 Å². The topological polar surface area (TPSA) is 86.0 Å². The molecule has 0 amide bonds. The molecule has 1 aromatic rings. The van der Waals surface area contributed by atoms with Gasteiger partial charge in [0.15, 0.2) is 0 Å². The number of hydrogen-bond acceptors (Lipinski definition) is 6. The zero-order valence-electron chi connectivity index (χ0n) is 11.4. The average Bonchev–Trinajstić information content (AvgIpc) is 2.37. The highest BCUT2D eigenvalue weighted by atomic mass is 16.5. The first-order valence-electron chi connectivity index (χ1n) is 6.57. The van der Waals surface area contributed by atoms with E-state index in [0.29, 0.717) is 18.5 Å². The number of hydrogen-bond donors (Lipinski definition) is 2. The van der Waals surface area contributed by atoms with Gasteiger partial charge in [-0.2, -0.15) is 15.0 Å².